The highest BCUT2D eigenvalue weighted by Gasteiger charge is 2.35. The summed E-state index contributed by atoms with van der Waals surface area (Å²) in [6.07, 6.45) is 1.66. The lowest BCUT2D eigenvalue weighted by Gasteiger charge is -2.15. The highest BCUT2D eigenvalue weighted by molar-refractivity contribution is 9.10. The minimum absolute atomic E-state index is 0.170. The first kappa shape index (κ1) is 25.3. The Morgan fingerprint density at radius 2 is 1.71 bits per heavy atom. The standard InChI is InChI=1S/C26H20BrClFNO4S/c1-2-33-22-12-18(11-21(27)24(22)34-15-17-5-9-20(29)10-6-17)13-23-25(31)30(26(32)35-23)14-16-3-7-19(28)8-4-16/h3-13H,2,14-15H2,1H3/b23-13-. The minimum Gasteiger partial charge on any atom is -0.490 e. The molecule has 0 saturated carbocycles. The van der Waals surface area contributed by atoms with Gasteiger partial charge in [-0.25, -0.2) is 4.39 Å². The second-order valence-corrected chi connectivity index (χ2v) is 9.86. The molecule has 1 saturated heterocycles. The largest absolute Gasteiger partial charge is 0.490 e. The van der Waals surface area contributed by atoms with Gasteiger partial charge in [0.05, 0.1) is 22.5 Å². The van der Waals surface area contributed by atoms with Crippen LogP contribution in [0.15, 0.2) is 70.0 Å². The molecule has 0 unspecified atom stereocenters. The number of carbonyl (C=O) groups excluding carboxylic acids is 2. The molecule has 0 atom stereocenters. The Hall–Kier alpha value is -2.81. The number of hydrogen-bond donors (Lipinski definition) is 0. The number of nitrogens with zero attached hydrogens (tertiary/aromatic N) is 1. The van der Waals surface area contributed by atoms with E-state index in [4.69, 9.17) is 21.1 Å². The summed E-state index contributed by atoms with van der Waals surface area (Å²) in [5, 5.41) is 0.253. The molecule has 9 heteroatoms. The molecule has 1 aliphatic rings. The van der Waals surface area contributed by atoms with Gasteiger partial charge in [-0.1, -0.05) is 35.9 Å². The predicted octanol–water partition coefficient (Wildman–Crippen LogP) is 7.46. The molecule has 2 amide bonds. The van der Waals surface area contributed by atoms with E-state index < -0.39 is 0 Å². The molecule has 180 valence electrons. The van der Waals surface area contributed by atoms with Crippen molar-refractivity contribution >= 4 is 56.5 Å². The summed E-state index contributed by atoms with van der Waals surface area (Å²) in [7, 11) is 0. The Kier molecular flexibility index (Phi) is 8.15. The van der Waals surface area contributed by atoms with Crippen molar-refractivity contribution in [3.05, 3.63) is 97.6 Å². The molecule has 0 radical (unpaired) electrons. The molecule has 1 aliphatic heterocycles. The van der Waals surface area contributed by atoms with Crippen LogP contribution in [-0.2, 0) is 17.9 Å². The van der Waals surface area contributed by atoms with Crippen molar-refractivity contribution in [1.29, 1.82) is 0 Å². The van der Waals surface area contributed by atoms with Gasteiger partial charge in [0, 0.05) is 5.02 Å². The van der Waals surface area contributed by atoms with E-state index in [1.165, 1.54) is 17.0 Å². The summed E-state index contributed by atoms with van der Waals surface area (Å²) < 4.78 is 25.5. The molecule has 0 bridgehead atoms. The van der Waals surface area contributed by atoms with Gasteiger partial charge < -0.3 is 9.47 Å². The fourth-order valence-electron chi connectivity index (χ4n) is 3.37. The number of carbonyl (C=O) groups is 2. The van der Waals surface area contributed by atoms with Gasteiger partial charge in [0.2, 0.25) is 0 Å². The number of rotatable bonds is 8. The molecule has 0 spiro atoms. The van der Waals surface area contributed by atoms with Gasteiger partial charge in [0.15, 0.2) is 11.5 Å². The zero-order valence-corrected chi connectivity index (χ0v) is 21.8. The van der Waals surface area contributed by atoms with Crippen LogP contribution in [0.2, 0.25) is 5.02 Å². The average Bonchev–Trinajstić information content (AvgIpc) is 3.08. The van der Waals surface area contributed by atoms with E-state index in [2.05, 4.69) is 15.9 Å². The van der Waals surface area contributed by atoms with E-state index in [-0.39, 0.29) is 30.1 Å². The summed E-state index contributed by atoms with van der Waals surface area (Å²) in [6.45, 7) is 2.65. The van der Waals surface area contributed by atoms with E-state index in [0.717, 1.165) is 22.9 Å². The van der Waals surface area contributed by atoms with Gasteiger partial charge in [-0.05, 0) is 93.8 Å². The first-order valence-corrected chi connectivity index (χ1v) is 12.7. The topological polar surface area (TPSA) is 55.8 Å². The van der Waals surface area contributed by atoms with Crippen molar-refractivity contribution in [2.75, 3.05) is 6.61 Å². The zero-order valence-electron chi connectivity index (χ0n) is 18.6. The number of amides is 2. The van der Waals surface area contributed by atoms with Crippen LogP contribution < -0.4 is 9.47 Å². The summed E-state index contributed by atoms with van der Waals surface area (Å²) >= 11 is 10.3. The smallest absolute Gasteiger partial charge is 0.293 e. The summed E-state index contributed by atoms with van der Waals surface area (Å²) in [6, 6.07) is 16.6. The van der Waals surface area contributed by atoms with Crippen LogP contribution in [0, 0.1) is 5.82 Å². The number of benzene rings is 3. The number of thioether (sulfide) groups is 1. The first-order valence-electron chi connectivity index (χ1n) is 10.7. The van der Waals surface area contributed by atoms with Gasteiger partial charge in [-0.3, -0.25) is 14.5 Å². The van der Waals surface area contributed by atoms with Crippen LogP contribution in [0.4, 0.5) is 9.18 Å². The minimum atomic E-state index is -0.360. The van der Waals surface area contributed by atoms with E-state index in [1.54, 1.807) is 54.6 Å². The van der Waals surface area contributed by atoms with Crippen molar-refractivity contribution in [2.24, 2.45) is 0 Å². The molecule has 1 heterocycles. The Labute approximate surface area is 220 Å². The lowest BCUT2D eigenvalue weighted by Crippen LogP contribution is -2.27. The Morgan fingerprint density at radius 1 is 1.03 bits per heavy atom. The fourth-order valence-corrected chi connectivity index (χ4v) is 4.91. The Balaban J connectivity index is 1.54. The highest BCUT2D eigenvalue weighted by Crippen LogP contribution is 2.40. The van der Waals surface area contributed by atoms with Crippen LogP contribution in [0.3, 0.4) is 0 Å². The molecule has 35 heavy (non-hydrogen) atoms. The first-order chi connectivity index (χ1) is 16.8. The molecule has 3 aromatic rings. The van der Waals surface area contributed by atoms with Crippen LogP contribution in [0.25, 0.3) is 6.08 Å². The molecule has 5 nitrogen and oxygen atoms in total. The van der Waals surface area contributed by atoms with Crippen molar-refractivity contribution in [3.8, 4) is 11.5 Å². The fraction of sp³-hybridized carbons (Fsp3) is 0.154. The normalized spacial score (nSPS) is 14.6. The van der Waals surface area contributed by atoms with E-state index >= 15 is 0 Å². The second kappa shape index (κ2) is 11.3. The van der Waals surface area contributed by atoms with Crippen LogP contribution >= 0.6 is 39.3 Å². The number of ether oxygens (including phenoxy) is 2. The van der Waals surface area contributed by atoms with E-state index in [0.29, 0.717) is 38.1 Å². The van der Waals surface area contributed by atoms with Gasteiger partial charge in [-0.15, -0.1) is 0 Å². The maximum atomic E-state index is 13.2. The lowest BCUT2D eigenvalue weighted by molar-refractivity contribution is -0.123. The molecular weight excluding hydrogens is 557 g/mol. The van der Waals surface area contributed by atoms with Crippen LogP contribution in [-0.4, -0.2) is 22.7 Å². The van der Waals surface area contributed by atoms with E-state index in [1.807, 2.05) is 6.92 Å². The van der Waals surface area contributed by atoms with Gasteiger partial charge >= 0.3 is 0 Å². The monoisotopic (exact) mass is 575 g/mol. The maximum absolute atomic E-state index is 13.2. The van der Waals surface area contributed by atoms with Crippen LogP contribution in [0.1, 0.15) is 23.6 Å². The number of halogens is 3. The van der Waals surface area contributed by atoms with Crippen molar-refractivity contribution in [1.82, 2.24) is 4.90 Å². The number of hydrogen-bond acceptors (Lipinski definition) is 5. The van der Waals surface area contributed by atoms with Crippen molar-refractivity contribution in [3.63, 3.8) is 0 Å². The van der Waals surface area contributed by atoms with Gasteiger partial charge in [-0.2, -0.15) is 0 Å². The average molecular weight is 577 g/mol. The highest BCUT2D eigenvalue weighted by atomic mass is 79.9. The van der Waals surface area contributed by atoms with Gasteiger partial charge in [0.1, 0.15) is 12.4 Å². The number of imide groups is 1. The third kappa shape index (κ3) is 6.25. The lowest BCUT2D eigenvalue weighted by atomic mass is 10.1. The summed E-state index contributed by atoms with van der Waals surface area (Å²) in [5.74, 6) is 0.298. The zero-order chi connectivity index (χ0) is 24.9. The van der Waals surface area contributed by atoms with Crippen LogP contribution in [0.5, 0.6) is 11.5 Å². The summed E-state index contributed by atoms with van der Waals surface area (Å²) in [4.78, 5) is 27.0. The molecule has 0 N–H and O–H groups in total. The Morgan fingerprint density at radius 3 is 2.40 bits per heavy atom. The molecule has 1 fully saturated rings. The molecule has 3 aromatic carbocycles. The van der Waals surface area contributed by atoms with Crippen molar-refractivity contribution < 1.29 is 23.5 Å². The quantitative estimate of drug-likeness (QED) is 0.261. The molecule has 0 aromatic heterocycles. The maximum Gasteiger partial charge on any atom is 0.293 e. The van der Waals surface area contributed by atoms with Crippen molar-refractivity contribution in [2.45, 2.75) is 20.1 Å². The third-order valence-electron chi connectivity index (χ3n) is 5.05. The third-order valence-corrected chi connectivity index (χ3v) is 6.80. The summed E-state index contributed by atoms with van der Waals surface area (Å²) in [5.41, 5.74) is 2.28. The predicted molar refractivity (Wildman–Crippen MR) is 139 cm³/mol. The molecule has 4 rings (SSSR count). The van der Waals surface area contributed by atoms with E-state index in [9.17, 15) is 14.0 Å². The van der Waals surface area contributed by atoms with Gasteiger partial charge in [0.25, 0.3) is 11.1 Å². The SMILES string of the molecule is CCOc1cc(/C=C2\SC(=O)N(Cc3ccc(Cl)cc3)C2=O)cc(Br)c1OCc1ccc(F)cc1. The second-order valence-electron chi connectivity index (χ2n) is 7.57. The Bertz CT molecular complexity index is 1280. The molecular formula is C26H20BrClFNO4S. The molecule has 0 aliphatic carbocycles.